The quantitative estimate of drug-likeness (QED) is 0.0355. The van der Waals surface area contributed by atoms with Gasteiger partial charge in [0.15, 0.2) is 20.6 Å². The maximum atomic E-state index is 10.5. The number of hydrogen-bond acceptors (Lipinski definition) is 28. The van der Waals surface area contributed by atoms with Crippen molar-refractivity contribution in [2.45, 2.75) is 78.2 Å². The summed E-state index contributed by atoms with van der Waals surface area (Å²) in [4.78, 5) is 80.3. The van der Waals surface area contributed by atoms with Crippen LogP contribution in [-0.4, -0.2) is 79.6 Å². The summed E-state index contributed by atoms with van der Waals surface area (Å²) in [6, 6.07) is 33.0. The molecule has 0 saturated carbocycles. The second-order valence-corrected chi connectivity index (χ2v) is 25.4. The number of aromatic nitrogens is 14. The smallest absolute Gasteiger partial charge is 0.265 e. The van der Waals surface area contributed by atoms with E-state index in [0.29, 0.717) is 20.4 Å². The standard InChI is InChI=1S/C12H14N4S2.C10H6N4O4S2.2C10H8N2S2.C8H6N4S2/c1-7-5-8(2)14-11(13-7)17-18-12-15-9(3)6-10(4)16-12;15-13(16)7-1-3-9(11-5-7)19-20-10-4-2-8(6-12-10)14(17)18;1-5-11-6-2-9(1)13-14-10-3-7-12-8-4-10;1-3-7-11-9(5-1)13-14-10-6-2-4-8-12-10;1-3-9-7(10-4-1)13-14-8-11-5-2-6-12-8/h5-6H,1-4H3;1-6H;2*1-8H;1-6H. The second-order valence-electron chi connectivity index (χ2n) is 14.7. The summed E-state index contributed by atoms with van der Waals surface area (Å²) in [5.74, 6) is 0. The van der Waals surface area contributed by atoms with E-state index in [2.05, 4.69) is 69.8 Å². The topological polar surface area (TPSA) is 267 Å². The molecule has 0 aliphatic carbocycles. The molecular formula is C50H42N16O4S10. The molecule has 80 heavy (non-hydrogen) atoms. The van der Waals surface area contributed by atoms with E-state index < -0.39 is 9.85 Å². The maximum absolute atomic E-state index is 10.5. The second kappa shape index (κ2) is 36.0. The van der Waals surface area contributed by atoms with Crippen molar-refractivity contribution in [1.29, 1.82) is 0 Å². The van der Waals surface area contributed by atoms with Crippen LogP contribution >= 0.6 is 108 Å². The van der Waals surface area contributed by atoms with Gasteiger partial charge in [0.1, 0.15) is 32.5 Å². The molecule has 406 valence electrons. The number of aryl methyl sites for hydroxylation is 4. The third kappa shape index (κ3) is 25.3. The number of rotatable bonds is 17. The zero-order valence-electron chi connectivity index (χ0n) is 42.2. The van der Waals surface area contributed by atoms with Gasteiger partial charge in [0.25, 0.3) is 11.4 Å². The van der Waals surface area contributed by atoms with E-state index in [4.69, 9.17) is 0 Å². The van der Waals surface area contributed by atoms with Crippen molar-refractivity contribution in [3.63, 3.8) is 0 Å². The highest BCUT2D eigenvalue weighted by atomic mass is 33.1. The van der Waals surface area contributed by atoms with Crippen LogP contribution in [0.25, 0.3) is 0 Å². The molecule has 0 fully saturated rings. The lowest BCUT2D eigenvalue weighted by Crippen LogP contribution is -1.93. The highest BCUT2D eigenvalue weighted by molar-refractivity contribution is 8.77. The summed E-state index contributed by atoms with van der Waals surface area (Å²) in [6.07, 6.45) is 20.0. The molecule has 30 heteroatoms. The summed E-state index contributed by atoms with van der Waals surface area (Å²) in [7, 11) is 15.1. The average molecular weight is 1250 g/mol. The Hall–Kier alpha value is -6.48. The predicted octanol–water partition coefficient (Wildman–Crippen LogP) is 15.0. The van der Waals surface area contributed by atoms with Crippen molar-refractivity contribution in [2.75, 3.05) is 0 Å². The van der Waals surface area contributed by atoms with Gasteiger partial charge < -0.3 is 0 Å². The van der Waals surface area contributed by atoms with Crippen LogP contribution in [0.4, 0.5) is 11.4 Å². The Kier molecular flexibility index (Phi) is 28.2. The summed E-state index contributed by atoms with van der Waals surface area (Å²) >= 11 is 0. The molecule has 0 atom stereocenters. The molecule has 10 aromatic rings. The molecule has 0 aliphatic heterocycles. The molecule has 0 spiro atoms. The van der Waals surface area contributed by atoms with Gasteiger partial charge in [0.2, 0.25) is 0 Å². The minimum absolute atomic E-state index is 0.0761. The number of nitrogens with zero attached hydrogens (tertiary/aromatic N) is 16. The van der Waals surface area contributed by atoms with Gasteiger partial charge in [0.05, 0.1) is 9.85 Å². The average Bonchev–Trinajstić information content (AvgIpc) is 3.48. The largest absolute Gasteiger partial charge is 0.287 e. The van der Waals surface area contributed by atoms with Crippen LogP contribution < -0.4 is 0 Å². The van der Waals surface area contributed by atoms with Gasteiger partial charge in [-0.15, -0.1) is 0 Å². The lowest BCUT2D eigenvalue weighted by molar-refractivity contribution is -0.385. The molecule has 10 heterocycles. The van der Waals surface area contributed by atoms with E-state index in [1.165, 1.54) is 111 Å². The molecule has 0 bridgehead atoms. The number of pyridine rings is 6. The maximum Gasteiger partial charge on any atom is 0.287 e. The SMILES string of the molecule is Cc1cc(C)nc(SSc2nc(C)cc(C)n2)n1.O=[N+]([O-])c1ccc(SSc2ccc([N+](=O)[O-])cn2)nc1.c1cc(SSc2ccncc2)ccn1.c1ccc(SSc2ccccn2)nc1.c1cnc(SSc2ncccn2)nc1. The summed E-state index contributed by atoms with van der Waals surface area (Å²) in [6.45, 7) is 7.88. The van der Waals surface area contributed by atoms with Gasteiger partial charge in [-0.05, 0) is 199 Å². The fourth-order valence-electron chi connectivity index (χ4n) is 5.17. The normalized spacial score (nSPS) is 10.2. The Labute approximate surface area is 499 Å². The molecule has 0 unspecified atom stereocenters. The Morgan fingerprint density at radius 2 is 0.650 bits per heavy atom. The van der Waals surface area contributed by atoms with E-state index in [1.54, 1.807) is 117 Å². The minimum atomic E-state index is -0.521. The van der Waals surface area contributed by atoms with E-state index in [-0.39, 0.29) is 11.4 Å². The number of nitro groups is 2. The van der Waals surface area contributed by atoms with Crippen molar-refractivity contribution in [3.05, 3.63) is 227 Å². The van der Waals surface area contributed by atoms with Crippen molar-refractivity contribution in [3.8, 4) is 0 Å². The third-order valence-electron chi connectivity index (χ3n) is 8.49. The molecule has 0 N–H and O–H groups in total. The van der Waals surface area contributed by atoms with Crippen molar-refractivity contribution >= 4 is 119 Å². The lowest BCUT2D eigenvalue weighted by atomic mass is 10.4. The predicted molar refractivity (Wildman–Crippen MR) is 324 cm³/mol. The zero-order valence-corrected chi connectivity index (χ0v) is 50.4. The van der Waals surface area contributed by atoms with Crippen LogP contribution in [0.15, 0.2) is 234 Å². The molecular weight excluding hydrogens is 1210 g/mol. The van der Waals surface area contributed by atoms with E-state index in [9.17, 15) is 20.2 Å². The van der Waals surface area contributed by atoms with Crippen LogP contribution in [0.1, 0.15) is 22.8 Å². The first kappa shape index (κ1) is 62.7. The lowest BCUT2D eigenvalue weighted by Gasteiger charge is -2.03. The van der Waals surface area contributed by atoms with Gasteiger partial charge in [-0.3, -0.25) is 30.2 Å². The van der Waals surface area contributed by atoms with Crippen LogP contribution in [0.2, 0.25) is 0 Å². The van der Waals surface area contributed by atoms with E-state index in [0.717, 1.165) is 43.1 Å². The molecule has 0 radical (unpaired) electrons. The van der Waals surface area contributed by atoms with Gasteiger partial charge in [-0.1, -0.05) is 33.7 Å². The highest BCUT2D eigenvalue weighted by Gasteiger charge is 2.10. The van der Waals surface area contributed by atoms with Gasteiger partial charge in [0, 0.05) is 107 Å². The fraction of sp³-hybridized carbons (Fsp3) is 0.0800. The molecule has 0 aliphatic rings. The van der Waals surface area contributed by atoms with Crippen molar-refractivity contribution in [2.24, 2.45) is 0 Å². The zero-order chi connectivity index (χ0) is 56.6. The van der Waals surface area contributed by atoms with E-state index >= 15 is 0 Å². The molecule has 0 saturated heterocycles. The van der Waals surface area contributed by atoms with Gasteiger partial charge in [-0.2, -0.15) is 0 Å². The van der Waals surface area contributed by atoms with Crippen molar-refractivity contribution in [1.82, 2.24) is 69.8 Å². The minimum Gasteiger partial charge on any atom is -0.265 e. The first-order valence-electron chi connectivity index (χ1n) is 22.7. The Balaban J connectivity index is 0.000000163. The Bertz CT molecular complexity index is 2940. The molecule has 20 nitrogen and oxygen atoms in total. The molecule has 0 amide bonds. The third-order valence-corrected chi connectivity index (χ3v) is 19.1. The van der Waals surface area contributed by atoms with Gasteiger partial charge in [-0.25, -0.2) is 59.8 Å². The highest BCUT2D eigenvalue weighted by Crippen LogP contribution is 2.38. The van der Waals surface area contributed by atoms with Crippen LogP contribution in [0, 0.1) is 47.9 Å². The molecule has 0 aromatic carbocycles. The van der Waals surface area contributed by atoms with Crippen molar-refractivity contribution < 1.29 is 9.85 Å². The summed E-state index contributed by atoms with van der Waals surface area (Å²) in [5.41, 5.74) is 3.76. The van der Waals surface area contributed by atoms with Gasteiger partial charge >= 0.3 is 0 Å². The summed E-state index contributed by atoms with van der Waals surface area (Å²) in [5, 5.41) is 27.0. The Morgan fingerprint density at radius 1 is 0.325 bits per heavy atom. The Morgan fingerprint density at radius 3 is 0.950 bits per heavy atom. The molecule has 10 rings (SSSR count). The molecule has 10 aromatic heterocycles. The van der Waals surface area contributed by atoms with Crippen LogP contribution in [0.5, 0.6) is 0 Å². The number of hydrogen-bond donors (Lipinski definition) is 0. The fourth-order valence-corrected chi connectivity index (χ4v) is 13.8. The monoisotopic (exact) mass is 1250 g/mol. The van der Waals surface area contributed by atoms with Crippen LogP contribution in [-0.2, 0) is 0 Å². The first-order valence-corrected chi connectivity index (χ1v) is 33.4. The van der Waals surface area contributed by atoms with Crippen LogP contribution in [0.3, 0.4) is 0 Å². The summed E-state index contributed by atoms with van der Waals surface area (Å²) < 4.78 is 0. The first-order chi connectivity index (χ1) is 38.9. The van der Waals surface area contributed by atoms with E-state index in [1.807, 2.05) is 100 Å².